The summed E-state index contributed by atoms with van der Waals surface area (Å²) in [6.07, 6.45) is -0.335. The number of aryl methyl sites for hydroxylation is 1. The summed E-state index contributed by atoms with van der Waals surface area (Å²) in [5, 5.41) is 11.8. The monoisotopic (exact) mass is 307 g/mol. The topological polar surface area (TPSA) is 68.5 Å². The van der Waals surface area contributed by atoms with E-state index in [1.54, 1.807) is 18.3 Å². The third kappa shape index (κ3) is 2.98. The molecule has 0 radical (unpaired) electrons. The third-order valence-corrected chi connectivity index (χ3v) is 4.31. The lowest BCUT2D eigenvalue weighted by molar-refractivity contribution is -0.141. The normalized spacial score (nSPS) is 20.5. The molecule has 0 saturated carbocycles. The molecule has 0 unspecified atom stereocenters. The van der Waals surface area contributed by atoms with Crippen molar-refractivity contribution in [1.29, 1.82) is 0 Å². The molecule has 1 amide bonds. The maximum Gasteiger partial charge on any atom is 0.246 e. The molecule has 1 saturated heterocycles. The average Bonchev–Trinajstić information content (AvgIpc) is 3.17. The van der Waals surface area contributed by atoms with Crippen LogP contribution in [-0.2, 0) is 9.53 Å². The van der Waals surface area contributed by atoms with Crippen LogP contribution in [0.15, 0.2) is 21.2 Å². The lowest BCUT2D eigenvalue weighted by Crippen LogP contribution is -2.44. The number of nitrogens with zero attached hydrogens (tertiary/aromatic N) is 3. The van der Waals surface area contributed by atoms with Crippen LogP contribution in [0.1, 0.15) is 36.3 Å². The Labute approximate surface area is 126 Å². The van der Waals surface area contributed by atoms with Crippen molar-refractivity contribution < 1.29 is 13.9 Å². The van der Waals surface area contributed by atoms with Crippen molar-refractivity contribution in [1.82, 2.24) is 15.1 Å². The van der Waals surface area contributed by atoms with E-state index in [0.717, 1.165) is 5.56 Å². The molecule has 2 atom stereocenters. The van der Waals surface area contributed by atoms with Crippen LogP contribution in [-0.4, -0.2) is 40.7 Å². The van der Waals surface area contributed by atoms with Crippen LogP contribution in [0.3, 0.4) is 0 Å². The second-order valence-corrected chi connectivity index (χ2v) is 5.86. The zero-order valence-corrected chi connectivity index (χ0v) is 12.8. The van der Waals surface area contributed by atoms with Crippen LogP contribution in [0.5, 0.6) is 0 Å². The van der Waals surface area contributed by atoms with E-state index in [0.29, 0.717) is 31.5 Å². The number of aromatic nitrogens is 2. The van der Waals surface area contributed by atoms with E-state index >= 15 is 0 Å². The van der Waals surface area contributed by atoms with Gasteiger partial charge in [-0.15, -0.1) is 10.2 Å². The molecular weight excluding hydrogens is 290 g/mol. The quantitative estimate of drug-likeness (QED) is 0.869. The summed E-state index contributed by atoms with van der Waals surface area (Å²) >= 11 is 1.60. The maximum absolute atomic E-state index is 12.6. The van der Waals surface area contributed by atoms with Crippen molar-refractivity contribution in [2.24, 2.45) is 0 Å². The van der Waals surface area contributed by atoms with Crippen molar-refractivity contribution in [3.8, 4) is 0 Å². The summed E-state index contributed by atoms with van der Waals surface area (Å²) in [6.45, 7) is 5.20. The number of hydrogen-bond donors (Lipinski definition) is 0. The molecule has 0 bridgehead atoms. The number of hydrogen-bond acceptors (Lipinski definition) is 6. The number of carbonyl (C=O) groups is 1. The van der Waals surface area contributed by atoms with E-state index in [9.17, 15) is 4.79 Å². The molecule has 1 aliphatic rings. The number of thiophene rings is 1. The van der Waals surface area contributed by atoms with E-state index in [1.807, 2.05) is 28.7 Å². The Balaban J connectivity index is 1.69. The summed E-state index contributed by atoms with van der Waals surface area (Å²) in [5.74, 6) is 0.911. The molecule has 3 rings (SSSR count). The predicted octanol–water partition coefficient (Wildman–Crippen LogP) is 2.14. The molecule has 0 aromatic carbocycles. The molecule has 3 heterocycles. The van der Waals surface area contributed by atoms with Crippen LogP contribution in [0, 0.1) is 6.92 Å². The van der Waals surface area contributed by atoms with Crippen LogP contribution in [0.25, 0.3) is 0 Å². The Morgan fingerprint density at radius 3 is 3.05 bits per heavy atom. The fourth-order valence-corrected chi connectivity index (χ4v) is 3.13. The molecule has 0 spiro atoms. The first-order chi connectivity index (χ1) is 10.1. The van der Waals surface area contributed by atoms with Gasteiger partial charge in [-0.1, -0.05) is 0 Å². The number of morpholine rings is 1. The van der Waals surface area contributed by atoms with E-state index < -0.39 is 0 Å². The standard InChI is InChI=1S/C14H17N3O3S/c1-9(11-3-6-21-8-11)14(18)17-4-5-19-12(7-17)13-16-15-10(2)20-13/h3,6,8-9,12H,4-5,7H2,1-2H3/t9-,12-/m1/s1. The zero-order chi connectivity index (χ0) is 14.8. The van der Waals surface area contributed by atoms with Gasteiger partial charge in [0.05, 0.1) is 19.1 Å². The van der Waals surface area contributed by atoms with Gasteiger partial charge in [-0.05, 0) is 29.3 Å². The van der Waals surface area contributed by atoms with Crippen molar-refractivity contribution in [2.75, 3.05) is 19.7 Å². The van der Waals surface area contributed by atoms with Crippen molar-refractivity contribution in [3.05, 3.63) is 34.2 Å². The second kappa shape index (κ2) is 5.95. The number of amides is 1. The number of carbonyl (C=O) groups excluding carboxylic acids is 1. The zero-order valence-electron chi connectivity index (χ0n) is 12.0. The molecular formula is C14H17N3O3S. The first-order valence-corrected chi connectivity index (χ1v) is 7.82. The molecule has 0 aliphatic carbocycles. The minimum absolute atomic E-state index is 0.109. The smallest absolute Gasteiger partial charge is 0.246 e. The van der Waals surface area contributed by atoms with Crippen molar-refractivity contribution in [3.63, 3.8) is 0 Å². The highest BCUT2D eigenvalue weighted by Gasteiger charge is 2.31. The fourth-order valence-electron chi connectivity index (χ4n) is 2.38. The van der Waals surface area contributed by atoms with Gasteiger partial charge in [0, 0.05) is 13.5 Å². The van der Waals surface area contributed by atoms with Gasteiger partial charge in [-0.25, -0.2) is 0 Å². The molecule has 21 heavy (non-hydrogen) atoms. The Morgan fingerprint density at radius 2 is 2.38 bits per heavy atom. The molecule has 1 fully saturated rings. The molecule has 6 nitrogen and oxygen atoms in total. The fraction of sp³-hybridized carbons (Fsp3) is 0.500. The minimum atomic E-state index is -0.335. The highest BCUT2D eigenvalue weighted by Crippen LogP contribution is 2.25. The number of rotatable bonds is 3. The van der Waals surface area contributed by atoms with Gasteiger partial charge >= 0.3 is 0 Å². The maximum atomic E-state index is 12.6. The Morgan fingerprint density at radius 1 is 1.52 bits per heavy atom. The Hall–Kier alpha value is -1.73. The van der Waals surface area contributed by atoms with Crippen LogP contribution < -0.4 is 0 Å². The van der Waals surface area contributed by atoms with Gasteiger partial charge in [-0.2, -0.15) is 11.3 Å². The van der Waals surface area contributed by atoms with E-state index in [-0.39, 0.29) is 17.9 Å². The van der Waals surface area contributed by atoms with E-state index in [2.05, 4.69) is 10.2 Å². The first-order valence-electron chi connectivity index (χ1n) is 6.87. The van der Waals surface area contributed by atoms with Crippen molar-refractivity contribution in [2.45, 2.75) is 25.9 Å². The average molecular weight is 307 g/mol. The van der Waals surface area contributed by atoms with Gasteiger partial charge in [0.15, 0.2) is 6.10 Å². The summed E-state index contributed by atoms with van der Waals surface area (Å²) in [5.41, 5.74) is 1.06. The summed E-state index contributed by atoms with van der Waals surface area (Å²) < 4.78 is 11.0. The van der Waals surface area contributed by atoms with Gasteiger partial charge in [-0.3, -0.25) is 4.79 Å². The minimum Gasteiger partial charge on any atom is -0.423 e. The SMILES string of the molecule is Cc1nnc([C@H]2CN(C(=O)[C@H](C)c3ccsc3)CCO2)o1. The molecule has 112 valence electrons. The highest BCUT2D eigenvalue weighted by molar-refractivity contribution is 7.08. The van der Waals surface area contributed by atoms with E-state index in [4.69, 9.17) is 9.15 Å². The predicted molar refractivity (Wildman–Crippen MR) is 77.0 cm³/mol. The van der Waals surface area contributed by atoms with Crippen LogP contribution in [0.2, 0.25) is 0 Å². The highest BCUT2D eigenvalue weighted by atomic mass is 32.1. The lowest BCUT2D eigenvalue weighted by Gasteiger charge is -2.32. The summed E-state index contributed by atoms with van der Waals surface area (Å²) in [7, 11) is 0. The third-order valence-electron chi connectivity index (χ3n) is 3.61. The number of ether oxygens (including phenoxy) is 1. The Bertz CT molecular complexity index is 611. The van der Waals surface area contributed by atoms with E-state index in [1.165, 1.54) is 0 Å². The molecule has 0 N–H and O–H groups in total. The summed E-state index contributed by atoms with van der Waals surface area (Å²) in [6, 6.07) is 1.99. The molecule has 2 aromatic rings. The summed E-state index contributed by atoms with van der Waals surface area (Å²) in [4.78, 5) is 14.4. The van der Waals surface area contributed by atoms with Gasteiger partial charge in [0.1, 0.15) is 0 Å². The van der Waals surface area contributed by atoms with Gasteiger partial charge < -0.3 is 14.1 Å². The largest absolute Gasteiger partial charge is 0.423 e. The Kier molecular flexibility index (Phi) is 4.03. The second-order valence-electron chi connectivity index (χ2n) is 5.08. The van der Waals surface area contributed by atoms with Crippen LogP contribution in [0.4, 0.5) is 0 Å². The molecule has 7 heteroatoms. The molecule has 1 aliphatic heterocycles. The molecule has 2 aromatic heterocycles. The van der Waals surface area contributed by atoms with Gasteiger partial charge in [0.25, 0.3) is 0 Å². The first kappa shape index (κ1) is 14.2. The van der Waals surface area contributed by atoms with Crippen molar-refractivity contribution >= 4 is 17.2 Å². The lowest BCUT2D eigenvalue weighted by atomic mass is 10.0. The van der Waals surface area contributed by atoms with Gasteiger partial charge in [0.2, 0.25) is 17.7 Å². The van der Waals surface area contributed by atoms with Crippen LogP contribution >= 0.6 is 11.3 Å².